The molecule has 104 valence electrons. The fourth-order valence-corrected chi connectivity index (χ4v) is 2.01. The summed E-state index contributed by atoms with van der Waals surface area (Å²) >= 11 is 8.74. The first-order valence-corrected chi connectivity index (χ1v) is 6.27. The molecule has 5 nitrogen and oxygen atoms in total. The number of rotatable bonds is 3. The predicted octanol–water partition coefficient (Wildman–Crippen LogP) is 4.43. The van der Waals surface area contributed by atoms with Gasteiger partial charge in [-0.25, -0.2) is 13.8 Å². The Hall–Kier alpha value is -1.80. The predicted molar refractivity (Wildman–Crippen MR) is 73.2 cm³/mol. The topological polar surface area (TPSA) is 68.1 Å². The van der Waals surface area contributed by atoms with Crippen molar-refractivity contribution in [1.29, 1.82) is 0 Å². The average molecular weight is 365 g/mol. The van der Waals surface area contributed by atoms with Gasteiger partial charge in [0, 0.05) is 22.8 Å². The molecule has 0 bridgehead atoms. The summed E-state index contributed by atoms with van der Waals surface area (Å²) in [4.78, 5) is 14.0. The highest BCUT2D eigenvalue weighted by Crippen LogP contribution is 2.33. The Morgan fingerprint density at radius 3 is 2.65 bits per heavy atom. The molecule has 1 aromatic carbocycles. The molecule has 0 aliphatic rings. The molecule has 0 saturated carbocycles. The maximum atomic E-state index is 13.6. The van der Waals surface area contributed by atoms with E-state index in [2.05, 4.69) is 26.2 Å². The Kier molecular flexibility index (Phi) is 4.15. The van der Waals surface area contributed by atoms with E-state index in [1.807, 2.05) is 0 Å². The molecule has 0 aliphatic heterocycles. The van der Waals surface area contributed by atoms with Gasteiger partial charge in [-0.15, -0.1) is 0 Å². The molecule has 0 spiro atoms. The van der Waals surface area contributed by atoms with Crippen LogP contribution in [0.15, 0.2) is 28.9 Å². The lowest BCUT2D eigenvalue weighted by Crippen LogP contribution is -2.02. The second-order valence-electron chi connectivity index (χ2n) is 3.65. The minimum atomic E-state index is -0.978. The number of nitrogens with one attached hydrogen (secondary N) is 1. The van der Waals surface area contributed by atoms with Gasteiger partial charge in [0.2, 0.25) is 5.82 Å². The Bertz CT molecular complexity index is 676. The molecule has 1 aromatic heterocycles. The summed E-state index contributed by atoms with van der Waals surface area (Å²) in [5, 5.41) is 13.1. The third-order valence-electron chi connectivity index (χ3n) is 2.28. The maximum absolute atomic E-state index is 13.6. The van der Waals surface area contributed by atoms with Crippen LogP contribution in [0, 0.1) is 21.7 Å². The van der Waals surface area contributed by atoms with E-state index in [9.17, 15) is 18.9 Å². The lowest BCUT2D eigenvalue weighted by molar-refractivity contribution is -0.384. The van der Waals surface area contributed by atoms with Crippen molar-refractivity contribution >= 4 is 44.7 Å². The monoisotopic (exact) mass is 363 g/mol. The van der Waals surface area contributed by atoms with Crippen molar-refractivity contribution in [3.05, 3.63) is 55.6 Å². The molecule has 9 heteroatoms. The van der Waals surface area contributed by atoms with E-state index < -0.39 is 16.6 Å². The SMILES string of the molecule is O=[N+]([O-])c1cc(Br)cnc1Nc1c(F)cc(F)cc1Cl. The number of nitro groups is 1. The van der Waals surface area contributed by atoms with Gasteiger partial charge in [-0.3, -0.25) is 10.1 Å². The molecule has 0 aliphatic carbocycles. The standard InChI is InChI=1S/C11H5BrClF2N3O2/c12-5-1-9(18(19)20)11(16-4-5)17-10-7(13)2-6(14)3-8(10)15/h1-4H,(H,16,17). The minimum absolute atomic E-state index is 0.203. The van der Waals surface area contributed by atoms with Gasteiger partial charge in [-0.05, 0) is 22.0 Å². The Labute approximate surface area is 124 Å². The van der Waals surface area contributed by atoms with Crippen LogP contribution in [0.4, 0.5) is 26.0 Å². The van der Waals surface area contributed by atoms with E-state index in [0.717, 1.165) is 6.07 Å². The summed E-state index contributed by atoms with van der Waals surface area (Å²) in [6, 6.07) is 2.70. The van der Waals surface area contributed by atoms with Crippen LogP contribution in [0.5, 0.6) is 0 Å². The highest BCUT2D eigenvalue weighted by molar-refractivity contribution is 9.10. The van der Waals surface area contributed by atoms with Crippen molar-refractivity contribution in [3.8, 4) is 0 Å². The average Bonchev–Trinajstić information content (AvgIpc) is 2.34. The number of nitrogens with zero attached hydrogens (tertiary/aromatic N) is 2. The van der Waals surface area contributed by atoms with Gasteiger partial charge in [-0.1, -0.05) is 11.6 Å². The van der Waals surface area contributed by atoms with Crippen molar-refractivity contribution in [2.75, 3.05) is 5.32 Å². The first-order chi connectivity index (χ1) is 9.38. The van der Waals surface area contributed by atoms with E-state index in [4.69, 9.17) is 11.6 Å². The highest BCUT2D eigenvalue weighted by Gasteiger charge is 2.19. The Morgan fingerprint density at radius 2 is 2.05 bits per heavy atom. The second-order valence-corrected chi connectivity index (χ2v) is 4.97. The molecule has 0 fully saturated rings. The zero-order valence-electron chi connectivity index (χ0n) is 9.53. The number of pyridine rings is 1. The number of halogens is 4. The van der Waals surface area contributed by atoms with Crippen LogP contribution in [0.25, 0.3) is 0 Å². The van der Waals surface area contributed by atoms with Crippen LogP contribution in [-0.2, 0) is 0 Å². The van der Waals surface area contributed by atoms with Gasteiger partial charge >= 0.3 is 5.69 Å². The molecular weight excluding hydrogens is 359 g/mol. The molecular formula is C11H5BrClF2N3O2. The molecule has 1 heterocycles. The molecule has 0 atom stereocenters. The normalized spacial score (nSPS) is 10.4. The third kappa shape index (κ3) is 3.02. The van der Waals surface area contributed by atoms with E-state index >= 15 is 0 Å². The fourth-order valence-electron chi connectivity index (χ4n) is 1.44. The molecule has 0 amide bonds. The molecule has 0 unspecified atom stereocenters. The molecule has 2 aromatic rings. The first kappa shape index (κ1) is 14.6. The van der Waals surface area contributed by atoms with Crippen LogP contribution in [0.1, 0.15) is 0 Å². The van der Waals surface area contributed by atoms with Gasteiger partial charge in [-0.2, -0.15) is 0 Å². The number of anilines is 2. The van der Waals surface area contributed by atoms with Gasteiger partial charge in [0.25, 0.3) is 0 Å². The second kappa shape index (κ2) is 5.68. The third-order valence-corrected chi connectivity index (χ3v) is 3.01. The molecule has 0 radical (unpaired) electrons. The van der Waals surface area contributed by atoms with Gasteiger partial charge in [0.1, 0.15) is 5.82 Å². The van der Waals surface area contributed by atoms with E-state index in [0.29, 0.717) is 10.5 Å². The largest absolute Gasteiger partial charge is 0.331 e. The van der Waals surface area contributed by atoms with Gasteiger partial charge in [0.05, 0.1) is 15.6 Å². The van der Waals surface area contributed by atoms with Crippen molar-refractivity contribution in [2.24, 2.45) is 0 Å². The van der Waals surface area contributed by atoms with E-state index in [-0.39, 0.29) is 22.2 Å². The van der Waals surface area contributed by atoms with Crippen LogP contribution >= 0.6 is 27.5 Å². The summed E-state index contributed by atoms with van der Waals surface area (Å²) in [6.07, 6.45) is 1.30. The molecule has 2 rings (SSSR count). The molecule has 0 saturated heterocycles. The van der Waals surface area contributed by atoms with Crippen molar-refractivity contribution < 1.29 is 13.7 Å². The van der Waals surface area contributed by atoms with Crippen LogP contribution < -0.4 is 5.32 Å². The van der Waals surface area contributed by atoms with Crippen molar-refractivity contribution in [3.63, 3.8) is 0 Å². The summed E-state index contributed by atoms with van der Waals surface area (Å²) < 4.78 is 26.9. The molecule has 20 heavy (non-hydrogen) atoms. The number of benzene rings is 1. The quantitative estimate of drug-likeness (QED) is 0.646. The van der Waals surface area contributed by atoms with Crippen LogP contribution in [0.2, 0.25) is 5.02 Å². The van der Waals surface area contributed by atoms with E-state index in [1.54, 1.807) is 0 Å². The summed E-state index contributed by atoms with van der Waals surface area (Å²) in [6.45, 7) is 0. The minimum Gasteiger partial charge on any atom is -0.331 e. The van der Waals surface area contributed by atoms with Gasteiger partial charge < -0.3 is 5.32 Å². The van der Waals surface area contributed by atoms with Crippen molar-refractivity contribution in [2.45, 2.75) is 0 Å². The number of hydrogen-bond donors (Lipinski definition) is 1. The lowest BCUT2D eigenvalue weighted by Gasteiger charge is -2.09. The smallest absolute Gasteiger partial charge is 0.312 e. The molecule has 1 N–H and O–H groups in total. The summed E-state index contributed by atoms with van der Waals surface area (Å²) in [7, 11) is 0. The summed E-state index contributed by atoms with van der Waals surface area (Å²) in [5.41, 5.74) is -0.662. The lowest BCUT2D eigenvalue weighted by atomic mass is 10.3. The van der Waals surface area contributed by atoms with Gasteiger partial charge in [0.15, 0.2) is 5.82 Å². The number of aromatic nitrogens is 1. The summed E-state index contributed by atoms with van der Waals surface area (Å²) in [5.74, 6) is -2.03. The van der Waals surface area contributed by atoms with Crippen molar-refractivity contribution in [1.82, 2.24) is 4.98 Å². The first-order valence-electron chi connectivity index (χ1n) is 5.10. The zero-order valence-corrected chi connectivity index (χ0v) is 11.9. The number of hydrogen-bond acceptors (Lipinski definition) is 4. The Balaban J connectivity index is 2.48. The zero-order chi connectivity index (χ0) is 14.9. The van der Waals surface area contributed by atoms with E-state index in [1.165, 1.54) is 12.3 Å². The van der Waals surface area contributed by atoms with Crippen LogP contribution in [0.3, 0.4) is 0 Å². The highest BCUT2D eigenvalue weighted by atomic mass is 79.9. The Morgan fingerprint density at radius 1 is 1.35 bits per heavy atom. The fraction of sp³-hybridized carbons (Fsp3) is 0. The maximum Gasteiger partial charge on any atom is 0.312 e. The van der Waals surface area contributed by atoms with Crippen LogP contribution in [-0.4, -0.2) is 9.91 Å².